The van der Waals surface area contributed by atoms with Crippen LogP contribution < -0.4 is 10.1 Å². The third kappa shape index (κ3) is 5.50. The third-order valence-electron chi connectivity index (χ3n) is 4.37. The maximum atomic E-state index is 12.3. The highest BCUT2D eigenvalue weighted by Gasteiger charge is 2.18. The number of carbonyl (C=O) groups is 1. The first kappa shape index (κ1) is 20.2. The molecule has 1 amide bonds. The molecule has 0 bridgehead atoms. The van der Waals surface area contributed by atoms with Crippen LogP contribution in [-0.4, -0.2) is 33.8 Å². The Morgan fingerprint density at radius 2 is 1.83 bits per heavy atom. The molecule has 0 atom stereocenters. The monoisotopic (exact) mass is 445 g/mol. The minimum Gasteiger partial charge on any atom is -0.484 e. The van der Waals surface area contributed by atoms with Gasteiger partial charge in [-0.15, -0.1) is 23.5 Å². The molecule has 1 aliphatic rings. The van der Waals surface area contributed by atoms with E-state index in [1.54, 1.807) is 16.9 Å². The van der Waals surface area contributed by atoms with Gasteiger partial charge in [-0.1, -0.05) is 35.9 Å². The first-order chi connectivity index (χ1) is 14.2. The van der Waals surface area contributed by atoms with Gasteiger partial charge in [-0.2, -0.15) is 5.10 Å². The lowest BCUT2D eigenvalue weighted by molar-refractivity contribution is -0.118. The van der Waals surface area contributed by atoms with E-state index in [2.05, 4.69) is 22.5 Å². The molecule has 1 N–H and O–H groups in total. The summed E-state index contributed by atoms with van der Waals surface area (Å²) in [5, 5.41) is 7.82. The molecule has 0 saturated carbocycles. The Kier molecular flexibility index (Phi) is 6.69. The molecule has 150 valence electrons. The number of hydrogen-bond acceptors (Lipinski definition) is 5. The molecule has 1 aromatic heterocycles. The van der Waals surface area contributed by atoms with Crippen LogP contribution in [0.4, 0.5) is 5.82 Å². The van der Waals surface area contributed by atoms with Gasteiger partial charge in [-0.25, -0.2) is 4.68 Å². The first-order valence-corrected chi connectivity index (χ1v) is 11.7. The van der Waals surface area contributed by atoms with Gasteiger partial charge in [0.2, 0.25) is 0 Å². The van der Waals surface area contributed by atoms with Crippen molar-refractivity contribution in [3.05, 3.63) is 76.9 Å². The molecule has 2 heterocycles. The summed E-state index contributed by atoms with van der Waals surface area (Å²) in [5.74, 6) is 3.48. The van der Waals surface area contributed by atoms with Crippen molar-refractivity contribution < 1.29 is 9.53 Å². The number of halogens is 1. The Hall–Kier alpha value is -2.09. The lowest BCUT2D eigenvalue weighted by atomic mass is 10.2. The van der Waals surface area contributed by atoms with Gasteiger partial charge in [0, 0.05) is 22.6 Å². The maximum Gasteiger partial charge on any atom is 0.263 e. The summed E-state index contributed by atoms with van der Waals surface area (Å²) in [6, 6.07) is 17.3. The van der Waals surface area contributed by atoms with Gasteiger partial charge in [-0.05, 0) is 35.4 Å². The molecule has 1 saturated heterocycles. The van der Waals surface area contributed by atoms with Gasteiger partial charge in [0.25, 0.3) is 5.91 Å². The fourth-order valence-electron chi connectivity index (χ4n) is 2.93. The summed E-state index contributed by atoms with van der Waals surface area (Å²) in [6.45, 7) is 0.484. The summed E-state index contributed by atoms with van der Waals surface area (Å²) in [5.41, 5.74) is 2.34. The number of amides is 1. The van der Waals surface area contributed by atoms with E-state index in [1.165, 1.54) is 17.1 Å². The average molecular weight is 446 g/mol. The van der Waals surface area contributed by atoms with Crippen LogP contribution >= 0.6 is 35.1 Å². The number of thioether (sulfide) groups is 2. The normalized spacial score (nSPS) is 14.1. The molecule has 0 unspecified atom stereocenters. The zero-order valence-electron chi connectivity index (χ0n) is 15.6. The lowest BCUT2D eigenvalue weighted by Gasteiger charge is -2.11. The topological polar surface area (TPSA) is 56.1 Å². The molecule has 0 aliphatic carbocycles. The second-order valence-corrected chi connectivity index (χ2v) is 9.64. The number of anilines is 1. The fraction of sp³-hybridized carbons (Fsp3) is 0.238. The average Bonchev–Trinajstić information content (AvgIpc) is 3.41. The van der Waals surface area contributed by atoms with Crippen LogP contribution in [0.15, 0.2) is 60.8 Å². The number of ether oxygens (including phenoxy) is 1. The van der Waals surface area contributed by atoms with E-state index in [4.69, 9.17) is 16.3 Å². The number of aromatic nitrogens is 2. The highest BCUT2D eigenvalue weighted by Crippen LogP contribution is 2.45. The van der Waals surface area contributed by atoms with E-state index in [0.29, 0.717) is 27.7 Å². The molecule has 2 aromatic carbocycles. The zero-order chi connectivity index (χ0) is 20.1. The number of nitrogens with zero attached hydrogens (tertiary/aromatic N) is 2. The van der Waals surface area contributed by atoms with Crippen LogP contribution in [0.3, 0.4) is 0 Å². The summed E-state index contributed by atoms with van der Waals surface area (Å²) in [4.78, 5) is 12.3. The number of benzene rings is 2. The summed E-state index contributed by atoms with van der Waals surface area (Å²) < 4.78 is 7.87. The number of rotatable bonds is 7. The SMILES string of the molecule is O=C(COc1ccc(C2SCCS2)cc1)Nc1ccnn1Cc1ccc(Cl)cc1. The Morgan fingerprint density at radius 1 is 1.10 bits per heavy atom. The minimum absolute atomic E-state index is 0.0571. The summed E-state index contributed by atoms with van der Waals surface area (Å²) >= 11 is 9.86. The van der Waals surface area contributed by atoms with Gasteiger partial charge < -0.3 is 10.1 Å². The smallest absolute Gasteiger partial charge is 0.263 e. The Bertz CT molecular complexity index is 955. The number of nitrogens with one attached hydrogen (secondary N) is 1. The molecule has 1 fully saturated rings. The first-order valence-electron chi connectivity index (χ1n) is 9.19. The maximum absolute atomic E-state index is 12.3. The van der Waals surface area contributed by atoms with Gasteiger partial charge in [0.1, 0.15) is 11.6 Å². The molecule has 0 radical (unpaired) electrons. The molecular formula is C21H20ClN3O2S2. The van der Waals surface area contributed by atoms with E-state index in [-0.39, 0.29) is 12.5 Å². The highest BCUT2D eigenvalue weighted by molar-refractivity contribution is 8.19. The van der Waals surface area contributed by atoms with Crippen LogP contribution in [0.1, 0.15) is 15.7 Å². The summed E-state index contributed by atoms with van der Waals surface area (Å²) in [6.07, 6.45) is 1.66. The molecule has 3 aromatic rings. The van der Waals surface area contributed by atoms with Gasteiger partial charge >= 0.3 is 0 Å². The van der Waals surface area contributed by atoms with Crippen molar-refractivity contribution in [2.75, 3.05) is 23.4 Å². The van der Waals surface area contributed by atoms with Crippen molar-refractivity contribution in [2.45, 2.75) is 11.1 Å². The molecule has 1 aliphatic heterocycles. The number of hydrogen-bond donors (Lipinski definition) is 1. The van der Waals surface area contributed by atoms with Crippen LogP contribution in [0, 0.1) is 0 Å². The molecule has 5 nitrogen and oxygen atoms in total. The predicted octanol–water partition coefficient (Wildman–Crippen LogP) is 5.08. The van der Waals surface area contributed by atoms with E-state index in [9.17, 15) is 4.79 Å². The van der Waals surface area contributed by atoms with Crippen molar-refractivity contribution in [3.8, 4) is 5.75 Å². The Morgan fingerprint density at radius 3 is 2.55 bits per heavy atom. The van der Waals surface area contributed by atoms with E-state index in [0.717, 1.165) is 5.56 Å². The van der Waals surface area contributed by atoms with Crippen molar-refractivity contribution in [3.63, 3.8) is 0 Å². The van der Waals surface area contributed by atoms with E-state index < -0.39 is 0 Å². The Labute approximate surface area is 183 Å². The third-order valence-corrected chi connectivity index (χ3v) is 7.73. The van der Waals surface area contributed by atoms with Crippen molar-refractivity contribution >= 4 is 46.8 Å². The lowest BCUT2D eigenvalue weighted by Crippen LogP contribution is -2.22. The fourth-order valence-corrected chi connectivity index (χ4v) is 5.91. The van der Waals surface area contributed by atoms with Gasteiger partial charge in [0.15, 0.2) is 6.61 Å². The van der Waals surface area contributed by atoms with Crippen molar-refractivity contribution in [1.82, 2.24) is 9.78 Å². The van der Waals surface area contributed by atoms with E-state index in [1.807, 2.05) is 59.9 Å². The van der Waals surface area contributed by atoms with Gasteiger partial charge in [0.05, 0.1) is 17.3 Å². The summed E-state index contributed by atoms with van der Waals surface area (Å²) in [7, 11) is 0. The second-order valence-electron chi connectivity index (χ2n) is 6.48. The van der Waals surface area contributed by atoms with Crippen molar-refractivity contribution in [2.24, 2.45) is 0 Å². The van der Waals surface area contributed by atoms with Crippen molar-refractivity contribution in [1.29, 1.82) is 0 Å². The van der Waals surface area contributed by atoms with Gasteiger partial charge in [-0.3, -0.25) is 4.79 Å². The predicted molar refractivity (Wildman–Crippen MR) is 121 cm³/mol. The zero-order valence-corrected chi connectivity index (χ0v) is 18.0. The second kappa shape index (κ2) is 9.61. The quantitative estimate of drug-likeness (QED) is 0.549. The molecule has 8 heteroatoms. The molecule has 29 heavy (non-hydrogen) atoms. The Balaban J connectivity index is 1.30. The van der Waals surface area contributed by atoms with Crippen LogP contribution in [0.2, 0.25) is 5.02 Å². The van der Waals surface area contributed by atoms with Crippen LogP contribution in [0.25, 0.3) is 0 Å². The number of carbonyl (C=O) groups excluding carboxylic acids is 1. The van der Waals surface area contributed by atoms with Crippen LogP contribution in [0.5, 0.6) is 5.75 Å². The molecular weight excluding hydrogens is 426 g/mol. The largest absolute Gasteiger partial charge is 0.484 e. The van der Waals surface area contributed by atoms with E-state index >= 15 is 0 Å². The highest BCUT2D eigenvalue weighted by atomic mass is 35.5. The molecule has 4 rings (SSSR count). The minimum atomic E-state index is -0.228. The molecule has 0 spiro atoms. The van der Waals surface area contributed by atoms with Crippen LogP contribution in [-0.2, 0) is 11.3 Å². The standard InChI is InChI=1S/C21H20ClN3O2S2/c22-17-5-1-15(2-6-17)13-25-19(9-10-23-25)24-20(26)14-27-18-7-3-16(4-8-18)21-28-11-12-29-21/h1-10,21H,11-14H2,(H,24,26).